The predicted molar refractivity (Wildman–Crippen MR) is 66.3 cm³/mol. The van der Waals surface area contributed by atoms with Crippen LogP contribution in [0.4, 0.5) is 0 Å². The van der Waals surface area contributed by atoms with Crippen LogP contribution >= 0.6 is 39.1 Å². The van der Waals surface area contributed by atoms with Gasteiger partial charge in [-0.3, -0.25) is 4.98 Å². The Morgan fingerprint density at radius 3 is 2.75 bits per heavy atom. The van der Waals surface area contributed by atoms with E-state index in [1.54, 1.807) is 12.1 Å². The van der Waals surface area contributed by atoms with Gasteiger partial charge in [0.1, 0.15) is 5.75 Å². The maximum absolute atomic E-state index is 5.96. The summed E-state index contributed by atoms with van der Waals surface area (Å²) in [5.74, 6) is 0.792. The number of nitrogens with zero attached hydrogens (tertiary/aromatic N) is 2. The monoisotopic (exact) mass is 318 g/mol. The molecule has 0 aliphatic rings. The summed E-state index contributed by atoms with van der Waals surface area (Å²) in [6, 6.07) is 5.28. The number of ether oxygens (including phenoxy) is 1. The van der Waals surface area contributed by atoms with Crippen LogP contribution in [0.15, 0.2) is 35.1 Å². The van der Waals surface area contributed by atoms with E-state index in [2.05, 4.69) is 25.9 Å². The fraction of sp³-hybridized carbons (Fsp3) is 0. The van der Waals surface area contributed by atoms with Crippen molar-refractivity contribution >= 4 is 39.1 Å². The van der Waals surface area contributed by atoms with Crippen LogP contribution in [0.3, 0.4) is 0 Å². The van der Waals surface area contributed by atoms with Gasteiger partial charge in [-0.2, -0.15) is 4.98 Å². The lowest BCUT2D eigenvalue weighted by Crippen LogP contribution is -1.90. The predicted octanol–water partition coefficient (Wildman–Crippen LogP) is 4.34. The SMILES string of the molecule is Clc1cncc(Oc2cc(Br)ccc2Cl)n1. The molecular weight excluding hydrogens is 315 g/mol. The molecule has 0 saturated heterocycles. The lowest BCUT2D eigenvalue weighted by molar-refractivity contribution is 0.460. The minimum atomic E-state index is 0.267. The highest BCUT2D eigenvalue weighted by Gasteiger charge is 2.05. The molecule has 82 valence electrons. The van der Waals surface area contributed by atoms with E-state index < -0.39 is 0 Å². The highest BCUT2D eigenvalue weighted by molar-refractivity contribution is 9.10. The maximum atomic E-state index is 5.96. The Labute approximate surface area is 111 Å². The van der Waals surface area contributed by atoms with Gasteiger partial charge in [0.05, 0.1) is 17.4 Å². The minimum absolute atomic E-state index is 0.267. The molecule has 0 atom stereocenters. The van der Waals surface area contributed by atoms with Gasteiger partial charge in [0, 0.05) is 4.47 Å². The lowest BCUT2D eigenvalue weighted by Gasteiger charge is -2.06. The van der Waals surface area contributed by atoms with Crippen LogP contribution in [-0.2, 0) is 0 Å². The van der Waals surface area contributed by atoms with E-state index in [0.717, 1.165) is 4.47 Å². The Kier molecular flexibility index (Phi) is 3.63. The average Bonchev–Trinajstić information content (AvgIpc) is 2.24. The van der Waals surface area contributed by atoms with Crippen molar-refractivity contribution in [1.82, 2.24) is 9.97 Å². The van der Waals surface area contributed by atoms with E-state index in [-0.39, 0.29) is 5.15 Å². The second kappa shape index (κ2) is 4.99. The summed E-state index contributed by atoms with van der Waals surface area (Å²) in [6.07, 6.45) is 2.89. The van der Waals surface area contributed by atoms with Gasteiger partial charge < -0.3 is 4.74 Å². The summed E-state index contributed by atoms with van der Waals surface area (Å²) in [7, 11) is 0. The van der Waals surface area contributed by atoms with E-state index in [0.29, 0.717) is 16.7 Å². The van der Waals surface area contributed by atoms with Crippen molar-refractivity contribution in [2.45, 2.75) is 0 Å². The lowest BCUT2D eigenvalue weighted by atomic mass is 10.3. The van der Waals surface area contributed by atoms with Crippen LogP contribution in [0.5, 0.6) is 11.6 Å². The topological polar surface area (TPSA) is 35.0 Å². The van der Waals surface area contributed by atoms with Gasteiger partial charge in [-0.15, -0.1) is 0 Å². The quantitative estimate of drug-likeness (QED) is 0.826. The van der Waals surface area contributed by atoms with E-state index in [1.165, 1.54) is 12.4 Å². The van der Waals surface area contributed by atoms with Gasteiger partial charge in [-0.1, -0.05) is 39.1 Å². The molecule has 2 aromatic rings. The molecule has 0 unspecified atom stereocenters. The zero-order valence-corrected chi connectivity index (χ0v) is 10.9. The first-order valence-electron chi connectivity index (χ1n) is 4.25. The summed E-state index contributed by atoms with van der Waals surface area (Å²) < 4.78 is 6.31. The van der Waals surface area contributed by atoms with Gasteiger partial charge in [-0.05, 0) is 18.2 Å². The fourth-order valence-corrected chi connectivity index (χ4v) is 1.68. The summed E-state index contributed by atoms with van der Waals surface area (Å²) in [4.78, 5) is 7.80. The average molecular weight is 320 g/mol. The third-order valence-corrected chi connectivity index (χ3v) is 2.68. The number of rotatable bonds is 2. The molecule has 0 saturated carbocycles. The fourth-order valence-electron chi connectivity index (χ4n) is 1.04. The Balaban J connectivity index is 2.30. The van der Waals surface area contributed by atoms with E-state index in [9.17, 15) is 0 Å². The molecule has 6 heteroatoms. The standard InChI is InChI=1S/C10H5BrCl2N2O/c11-6-1-2-7(12)8(3-6)16-10-5-14-4-9(13)15-10/h1-5H. The molecule has 1 aromatic heterocycles. The summed E-state index contributed by atoms with van der Waals surface area (Å²) in [5.41, 5.74) is 0. The molecule has 0 aliphatic carbocycles. The molecule has 0 aliphatic heterocycles. The second-order valence-corrected chi connectivity index (χ2v) is 4.57. The van der Waals surface area contributed by atoms with Crippen molar-refractivity contribution in [2.75, 3.05) is 0 Å². The Morgan fingerprint density at radius 1 is 1.19 bits per heavy atom. The molecule has 0 radical (unpaired) electrons. The smallest absolute Gasteiger partial charge is 0.239 e. The van der Waals surface area contributed by atoms with E-state index in [1.807, 2.05) is 6.07 Å². The van der Waals surface area contributed by atoms with Crippen molar-refractivity contribution in [3.8, 4) is 11.6 Å². The number of aromatic nitrogens is 2. The van der Waals surface area contributed by atoms with Crippen molar-refractivity contribution in [1.29, 1.82) is 0 Å². The largest absolute Gasteiger partial charge is 0.436 e. The van der Waals surface area contributed by atoms with Gasteiger partial charge in [0.25, 0.3) is 0 Å². The summed E-state index contributed by atoms with van der Waals surface area (Å²) >= 11 is 15.0. The zero-order valence-electron chi connectivity index (χ0n) is 7.82. The van der Waals surface area contributed by atoms with Crippen molar-refractivity contribution < 1.29 is 4.74 Å². The Hall–Kier alpha value is -0.840. The normalized spacial score (nSPS) is 10.2. The third-order valence-electron chi connectivity index (χ3n) is 1.69. The highest BCUT2D eigenvalue weighted by Crippen LogP contribution is 2.31. The molecule has 0 bridgehead atoms. The zero-order chi connectivity index (χ0) is 11.5. The molecule has 16 heavy (non-hydrogen) atoms. The molecule has 0 fully saturated rings. The molecule has 0 N–H and O–H groups in total. The Morgan fingerprint density at radius 2 is 2.00 bits per heavy atom. The first-order valence-corrected chi connectivity index (χ1v) is 5.80. The van der Waals surface area contributed by atoms with Gasteiger partial charge >= 0.3 is 0 Å². The second-order valence-electron chi connectivity index (χ2n) is 2.86. The molecule has 1 aromatic carbocycles. The maximum Gasteiger partial charge on any atom is 0.239 e. The van der Waals surface area contributed by atoms with Crippen molar-refractivity contribution in [2.24, 2.45) is 0 Å². The molecule has 3 nitrogen and oxygen atoms in total. The summed E-state index contributed by atoms with van der Waals surface area (Å²) in [6.45, 7) is 0. The first kappa shape index (κ1) is 11.6. The third kappa shape index (κ3) is 2.84. The molecule has 0 amide bonds. The summed E-state index contributed by atoms with van der Waals surface area (Å²) in [5, 5.41) is 0.758. The van der Waals surface area contributed by atoms with Crippen LogP contribution in [0.1, 0.15) is 0 Å². The van der Waals surface area contributed by atoms with Gasteiger partial charge in [0.15, 0.2) is 5.15 Å². The van der Waals surface area contributed by atoms with Gasteiger partial charge in [-0.25, -0.2) is 0 Å². The minimum Gasteiger partial charge on any atom is -0.436 e. The van der Waals surface area contributed by atoms with Crippen molar-refractivity contribution in [3.05, 3.63) is 45.2 Å². The molecule has 1 heterocycles. The van der Waals surface area contributed by atoms with Crippen molar-refractivity contribution in [3.63, 3.8) is 0 Å². The van der Waals surface area contributed by atoms with Crippen LogP contribution in [0, 0.1) is 0 Å². The number of halogens is 3. The number of benzene rings is 1. The molecule has 2 rings (SSSR count). The van der Waals surface area contributed by atoms with Gasteiger partial charge in [0.2, 0.25) is 5.88 Å². The van der Waals surface area contributed by atoms with Crippen LogP contribution in [0.2, 0.25) is 10.2 Å². The van der Waals surface area contributed by atoms with Crippen LogP contribution < -0.4 is 4.74 Å². The molecule has 0 spiro atoms. The molecular formula is C10H5BrCl2N2O. The van der Waals surface area contributed by atoms with E-state index in [4.69, 9.17) is 27.9 Å². The number of hydrogen-bond acceptors (Lipinski definition) is 3. The van der Waals surface area contributed by atoms with E-state index >= 15 is 0 Å². The first-order chi connectivity index (χ1) is 7.65. The highest BCUT2D eigenvalue weighted by atomic mass is 79.9. The Bertz CT molecular complexity index is 522. The number of hydrogen-bond donors (Lipinski definition) is 0. The van der Waals surface area contributed by atoms with Crippen LogP contribution in [0.25, 0.3) is 0 Å². The van der Waals surface area contributed by atoms with Crippen LogP contribution in [-0.4, -0.2) is 9.97 Å².